The molecule has 0 amide bonds. The fourth-order valence-corrected chi connectivity index (χ4v) is 2.57. The molecule has 0 bridgehead atoms. The number of aliphatic hydroxyl groups excluding tert-OH is 1. The van der Waals surface area contributed by atoms with Gasteiger partial charge in [-0.1, -0.05) is 6.92 Å². The summed E-state index contributed by atoms with van der Waals surface area (Å²) in [5.41, 5.74) is 0.0186. The first kappa shape index (κ1) is 17.2. The minimum absolute atomic E-state index is 0.140. The van der Waals surface area contributed by atoms with Gasteiger partial charge in [0.05, 0.1) is 25.7 Å². The van der Waals surface area contributed by atoms with Crippen LogP contribution in [0.15, 0.2) is 9.59 Å². The summed E-state index contributed by atoms with van der Waals surface area (Å²) in [6.07, 6.45) is 0.877. The number of hydrogen-bond donors (Lipinski definition) is 3. The molecule has 0 radical (unpaired) electrons. The quantitative estimate of drug-likeness (QED) is 0.497. The normalized spacial score (nSPS) is 12.7. The molecule has 128 valence electrons. The number of hydrogen-bond acceptors (Lipinski definition) is 5. The Morgan fingerprint density at radius 1 is 1.22 bits per heavy atom. The van der Waals surface area contributed by atoms with E-state index in [4.69, 9.17) is 5.11 Å². The first-order chi connectivity index (χ1) is 10.9. The zero-order valence-electron chi connectivity index (χ0n) is 14.0. The lowest BCUT2D eigenvalue weighted by Crippen LogP contribution is -2.87. The van der Waals surface area contributed by atoms with Crippen molar-refractivity contribution in [2.24, 2.45) is 21.1 Å². The fraction of sp³-hybridized carbons (Fsp3) is 0.643. The van der Waals surface area contributed by atoms with Gasteiger partial charge in [-0.05, 0) is 6.42 Å². The lowest BCUT2D eigenvalue weighted by molar-refractivity contribution is -0.657. The molecule has 2 aromatic heterocycles. The maximum atomic E-state index is 12.3. The largest absolute Gasteiger partial charge is 0.391 e. The molecule has 0 aliphatic heterocycles. The van der Waals surface area contributed by atoms with E-state index in [2.05, 4.69) is 17.2 Å². The van der Waals surface area contributed by atoms with Gasteiger partial charge in [0.15, 0.2) is 11.2 Å². The number of aromatic nitrogens is 4. The minimum Gasteiger partial charge on any atom is -0.391 e. The van der Waals surface area contributed by atoms with E-state index < -0.39 is 5.69 Å². The molecule has 9 nitrogen and oxygen atoms in total. The zero-order chi connectivity index (χ0) is 17.1. The standard InChI is InChI=1S/C14H24N6O3/c1-5-9(8-15-6-7-21)16-13-17-11-10(18(13)2)12(22)20(4)14(23)19(11)3/h9,15,21H,5-8H2,1-4H3,(H,16,17)/p+1/t9-/m0/s1. The number of fused-ring (bicyclic) bond motifs is 1. The minimum atomic E-state index is -0.393. The van der Waals surface area contributed by atoms with Crippen LogP contribution in [0.25, 0.3) is 11.2 Å². The number of aliphatic hydroxyl groups is 1. The molecule has 0 saturated carbocycles. The molecular formula is C14H25N6O3+. The average molecular weight is 325 g/mol. The summed E-state index contributed by atoms with van der Waals surface area (Å²) < 4.78 is 4.15. The Hall–Kier alpha value is -2.13. The third kappa shape index (κ3) is 3.15. The molecule has 0 unspecified atom stereocenters. The van der Waals surface area contributed by atoms with Crippen LogP contribution < -0.4 is 21.9 Å². The number of aryl methyl sites for hydroxylation is 2. The van der Waals surface area contributed by atoms with E-state index >= 15 is 0 Å². The van der Waals surface area contributed by atoms with Crippen LogP contribution in [0.2, 0.25) is 0 Å². The molecule has 0 aliphatic carbocycles. The highest BCUT2D eigenvalue weighted by Crippen LogP contribution is 2.14. The first-order valence-electron chi connectivity index (χ1n) is 7.73. The van der Waals surface area contributed by atoms with Crippen LogP contribution in [-0.4, -0.2) is 49.5 Å². The molecule has 2 heterocycles. The molecule has 4 N–H and O–H groups in total. The summed E-state index contributed by atoms with van der Waals surface area (Å²) in [6.45, 7) is 3.63. The fourth-order valence-electron chi connectivity index (χ4n) is 2.57. The van der Waals surface area contributed by atoms with E-state index in [-0.39, 0.29) is 18.2 Å². The molecule has 1 atom stereocenters. The number of imidazole rings is 1. The number of anilines is 1. The van der Waals surface area contributed by atoms with Crippen LogP contribution in [0, 0.1) is 0 Å². The van der Waals surface area contributed by atoms with Crippen molar-refractivity contribution in [1.29, 1.82) is 0 Å². The van der Waals surface area contributed by atoms with Gasteiger partial charge in [-0.2, -0.15) is 4.98 Å². The van der Waals surface area contributed by atoms with Gasteiger partial charge in [0.2, 0.25) is 5.95 Å². The molecule has 23 heavy (non-hydrogen) atoms. The van der Waals surface area contributed by atoms with E-state index in [1.54, 1.807) is 18.7 Å². The molecule has 0 aliphatic rings. The second-order valence-electron chi connectivity index (χ2n) is 5.66. The molecule has 2 aromatic rings. The Bertz CT molecular complexity index is 803. The highest BCUT2D eigenvalue weighted by atomic mass is 16.3. The van der Waals surface area contributed by atoms with E-state index in [0.717, 1.165) is 17.5 Å². The van der Waals surface area contributed by atoms with Crippen molar-refractivity contribution < 1.29 is 10.4 Å². The second kappa shape index (κ2) is 6.97. The van der Waals surface area contributed by atoms with Gasteiger partial charge in [-0.25, -0.2) is 4.79 Å². The van der Waals surface area contributed by atoms with Gasteiger partial charge in [-0.3, -0.25) is 13.9 Å². The Kier molecular flexibility index (Phi) is 5.22. The Morgan fingerprint density at radius 3 is 2.52 bits per heavy atom. The third-order valence-electron chi connectivity index (χ3n) is 4.09. The van der Waals surface area contributed by atoms with Crippen LogP contribution in [0.4, 0.5) is 5.95 Å². The van der Waals surface area contributed by atoms with Gasteiger partial charge in [-0.15, -0.1) is 0 Å². The van der Waals surface area contributed by atoms with Crippen LogP contribution >= 0.6 is 0 Å². The van der Waals surface area contributed by atoms with E-state index in [1.807, 2.05) is 5.32 Å². The highest BCUT2D eigenvalue weighted by molar-refractivity contribution is 5.74. The highest BCUT2D eigenvalue weighted by Gasteiger charge is 2.19. The number of nitrogens with zero attached hydrogens (tertiary/aromatic N) is 4. The van der Waals surface area contributed by atoms with E-state index in [0.29, 0.717) is 23.7 Å². The summed E-state index contributed by atoms with van der Waals surface area (Å²) >= 11 is 0. The maximum Gasteiger partial charge on any atom is 0.332 e. The molecule has 2 rings (SSSR count). The summed E-state index contributed by atoms with van der Waals surface area (Å²) in [6, 6.07) is 0.151. The molecule has 0 spiro atoms. The molecular weight excluding hydrogens is 300 g/mol. The number of rotatable bonds is 7. The second-order valence-corrected chi connectivity index (χ2v) is 5.66. The van der Waals surface area contributed by atoms with E-state index in [1.165, 1.54) is 11.6 Å². The zero-order valence-corrected chi connectivity index (χ0v) is 14.0. The van der Waals surface area contributed by atoms with Crippen molar-refractivity contribution in [2.45, 2.75) is 19.4 Å². The topological polar surface area (TPSA) is 111 Å². The summed E-state index contributed by atoms with van der Waals surface area (Å²) in [4.78, 5) is 28.8. The third-order valence-corrected chi connectivity index (χ3v) is 4.09. The summed E-state index contributed by atoms with van der Waals surface area (Å²) in [5.74, 6) is 0.558. The van der Waals surface area contributed by atoms with Crippen LogP contribution in [-0.2, 0) is 21.1 Å². The molecule has 9 heteroatoms. The van der Waals surface area contributed by atoms with Crippen LogP contribution in [0.5, 0.6) is 0 Å². The SMILES string of the molecule is CC[C@@H](C[NH2+]CCO)Nc1nc2c(c(=O)n(C)c(=O)n2C)n1C. The number of nitrogens with two attached hydrogens (primary N) is 1. The predicted molar refractivity (Wildman–Crippen MR) is 87.6 cm³/mol. The Labute approximate surface area is 133 Å². The van der Waals surface area contributed by atoms with Crippen LogP contribution in [0.3, 0.4) is 0 Å². The van der Waals surface area contributed by atoms with E-state index in [9.17, 15) is 9.59 Å². The monoisotopic (exact) mass is 325 g/mol. The first-order valence-corrected chi connectivity index (χ1v) is 7.73. The maximum absolute atomic E-state index is 12.3. The van der Waals surface area contributed by atoms with Crippen molar-refractivity contribution in [1.82, 2.24) is 18.7 Å². The van der Waals surface area contributed by atoms with Gasteiger partial charge in [0.25, 0.3) is 5.56 Å². The van der Waals surface area contributed by atoms with Crippen LogP contribution in [0.1, 0.15) is 13.3 Å². The van der Waals surface area contributed by atoms with Gasteiger partial charge < -0.3 is 20.3 Å². The van der Waals surface area contributed by atoms with Gasteiger partial charge in [0.1, 0.15) is 0 Å². The van der Waals surface area contributed by atoms with Crippen molar-refractivity contribution in [2.75, 3.05) is 25.0 Å². The number of nitrogens with one attached hydrogen (secondary N) is 1. The van der Waals surface area contributed by atoms with Gasteiger partial charge in [0, 0.05) is 21.1 Å². The number of quaternary nitrogens is 1. The van der Waals surface area contributed by atoms with Crippen molar-refractivity contribution in [3.8, 4) is 0 Å². The van der Waals surface area contributed by atoms with Crippen molar-refractivity contribution in [3.05, 3.63) is 20.8 Å². The Morgan fingerprint density at radius 2 is 1.91 bits per heavy atom. The summed E-state index contributed by atoms with van der Waals surface area (Å²) in [5, 5.41) is 14.2. The molecule has 0 aromatic carbocycles. The van der Waals surface area contributed by atoms with Crippen molar-refractivity contribution in [3.63, 3.8) is 0 Å². The molecule has 0 saturated heterocycles. The Balaban J connectivity index is 2.41. The lowest BCUT2D eigenvalue weighted by atomic mass is 10.2. The van der Waals surface area contributed by atoms with Gasteiger partial charge >= 0.3 is 5.69 Å². The average Bonchev–Trinajstić information content (AvgIpc) is 2.87. The lowest BCUT2D eigenvalue weighted by Gasteiger charge is -2.15. The summed E-state index contributed by atoms with van der Waals surface area (Å²) in [7, 11) is 4.82. The smallest absolute Gasteiger partial charge is 0.332 e. The molecule has 0 fully saturated rings. The predicted octanol–water partition coefficient (Wildman–Crippen LogP) is -2.28. The van der Waals surface area contributed by atoms with Crippen molar-refractivity contribution >= 4 is 17.1 Å².